The van der Waals surface area contributed by atoms with E-state index in [0.717, 1.165) is 18.4 Å². The molecule has 1 unspecified atom stereocenters. The maximum Gasteiger partial charge on any atom is 0.293 e. The van der Waals surface area contributed by atoms with E-state index in [9.17, 15) is 14.9 Å². The number of nitro groups is 1. The van der Waals surface area contributed by atoms with Gasteiger partial charge in [0, 0.05) is 37.3 Å². The number of nitro benzene ring substituents is 1. The largest absolute Gasteiger partial charge is 0.375 e. The van der Waals surface area contributed by atoms with Crippen molar-refractivity contribution in [3.63, 3.8) is 0 Å². The minimum absolute atomic E-state index is 0.0115. The van der Waals surface area contributed by atoms with E-state index in [-0.39, 0.29) is 17.6 Å². The highest BCUT2D eigenvalue weighted by Gasteiger charge is 2.29. The molecule has 1 atom stereocenters. The average molecular weight is 354 g/mol. The minimum Gasteiger partial charge on any atom is -0.375 e. The monoisotopic (exact) mass is 354 g/mol. The van der Waals surface area contributed by atoms with E-state index in [1.165, 1.54) is 6.07 Å². The van der Waals surface area contributed by atoms with Crippen molar-refractivity contribution >= 4 is 17.3 Å². The average Bonchev–Trinajstić information content (AvgIpc) is 3.15. The van der Waals surface area contributed by atoms with Gasteiger partial charge in [0.25, 0.3) is 11.6 Å². The van der Waals surface area contributed by atoms with Gasteiger partial charge >= 0.3 is 0 Å². The van der Waals surface area contributed by atoms with Crippen molar-refractivity contribution in [3.8, 4) is 0 Å². The fourth-order valence-corrected chi connectivity index (χ4v) is 3.27. The Balaban J connectivity index is 1.80. The Morgan fingerprint density at radius 1 is 1.27 bits per heavy atom. The Morgan fingerprint density at radius 2 is 2.04 bits per heavy atom. The number of anilines is 1. The van der Waals surface area contributed by atoms with E-state index in [1.807, 2.05) is 30.3 Å². The Kier molecular flexibility index (Phi) is 5.48. The summed E-state index contributed by atoms with van der Waals surface area (Å²) in [7, 11) is 0. The first-order valence-electron chi connectivity index (χ1n) is 8.67. The number of likely N-dealkylation sites (tertiary alicyclic amines) is 1. The van der Waals surface area contributed by atoms with Gasteiger partial charge in [-0.1, -0.05) is 30.3 Å². The topological polar surface area (TPSA) is 102 Å². The molecule has 136 valence electrons. The molecular formula is C19H22N4O3. The molecule has 26 heavy (non-hydrogen) atoms. The van der Waals surface area contributed by atoms with Gasteiger partial charge in [-0.2, -0.15) is 0 Å². The van der Waals surface area contributed by atoms with E-state index in [4.69, 9.17) is 5.73 Å². The summed E-state index contributed by atoms with van der Waals surface area (Å²) in [6, 6.07) is 14.2. The lowest BCUT2D eigenvalue weighted by atomic mass is 10.1. The zero-order valence-corrected chi connectivity index (χ0v) is 14.4. The first kappa shape index (κ1) is 17.9. The molecule has 3 N–H and O–H groups in total. The fourth-order valence-electron chi connectivity index (χ4n) is 3.27. The van der Waals surface area contributed by atoms with Crippen LogP contribution in [0.15, 0.2) is 48.5 Å². The normalized spacial score (nSPS) is 16.5. The SMILES string of the molecule is NCC1CCCN1C(=O)c1ccc(NCc2ccccc2)c([N+](=O)[O-])c1. The molecule has 1 heterocycles. The van der Waals surface area contributed by atoms with Gasteiger partial charge in [0.05, 0.1) is 4.92 Å². The van der Waals surface area contributed by atoms with Crippen molar-refractivity contribution in [2.24, 2.45) is 5.73 Å². The molecule has 1 fully saturated rings. The number of nitrogens with zero attached hydrogens (tertiary/aromatic N) is 2. The zero-order valence-electron chi connectivity index (χ0n) is 14.4. The maximum absolute atomic E-state index is 12.7. The molecule has 0 spiro atoms. The van der Waals surface area contributed by atoms with Gasteiger partial charge in [0.15, 0.2) is 0 Å². The van der Waals surface area contributed by atoms with Crippen molar-refractivity contribution in [2.45, 2.75) is 25.4 Å². The molecule has 1 saturated heterocycles. The molecule has 0 saturated carbocycles. The Morgan fingerprint density at radius 3 is 2.73 bits per heavy atom. The summed E-state index contributed by atoms with van der Waals surface area (Å²) in [4.78, 5) is 25.4. The van der Waals surface area contributed by atoms with Crippen LogP contribution in [-0.4, -0.2) is 34.9 Å². The molecule has 0 aromatic heterocycles. The van der Waals surface area contributed by atoms with Crippen LogP contribution in [0.4, 0.5) is 11.4 Å². The summed E-state index contributed by atoms with van der Waals surface area (Å²) in [5.41, 5.74) is 7.36. The molecule has 1 aliphatic rings. The number of amides is 1. The summed E-state index contributed by atoms with van der Waals surface area (Å²) < 4.78 is 0. The Labute approximate surface area is 152 Å². The summed E-state index contributed by atoms with van der Waals surface area (Å²) >= 11 is 0. The quantitative estimate of drug-likeness (QED) is 0.613. The second-order valence-electron chi connectivity index (χ2n) is 6.36. The van der Waals surface area contributed by atoms with Crippen molar-refractivity contribution in [3.05, 3.63) is 69.8 Å². The Hall–Kier alpha value is -2.93. The lowest BCUT2D eigenvalue weighted by molar-refractivity contribution is -0.384. The standard InChI is InChI=1S/C19H22N4O3/c20-12-16-7-4-10-22(16)19(24)15-8-9-17(18(11-15)23(25)26)21-13-14-5-2-1-3-6-14/h1-3,5-6,8-9,11,16,21H,4,7,10,12-13,20H2. The molecule has 2 aromatic rings. The predicted molar refractivity (Wildman–Crippen MR) is 100.0 cm³/mol. The van der Waals surface area contributed by atoms with Gasteiger partial charge < -0.3 is 16.0 Å². The minimum atomic E-state index is -0.464. The van der Waals surface area contributed by atoms with Crippen LogP contribution < -0.4 is 11.1 Å². The molecule has 0 bridgehead atoms. The van der Waals surface area contributed by atoms with Gasteiger partial charge in [-0.3, -0.25) is 14.9 Å². The van der Waals surface area contributed by atoms with E-state index >= 15 is 0 Å². The summed E-state index contributed by atoms with van der Waals surface area (Å²) in [6.45, 7) is 1.52. The van der Waals surface area contributed by atoms with Gasteiger partial charge in [0.2, 0.25) is 0 Å². The highest BCUT2D eigenvalue weighted by atomic mass is 16.6. The highest BCUT2D eigenvalue weighted by molar-refractivity contribution is 5.96. The van der Waals surface area contributed by atoms with Crippen LogP contribution in [0.2, 0.25) is 0 Å². The highest BCUT2D eigenvalue weighted by Crippen LogP contribution is 2.28. The van der Waals surface area contributed by atoms with Crippen molar-refractivity contribution in [1.29, 1.82) is 0 Å². The summed E-state index contributed by atoms with van der Waals surface area (Å²) in [6.07, 6.45) is 1.79. The third kappa shape index (κ3) is 3.83. The molecule has 0 aliphatic carbocycles. The van der Waals surface area contributed by atoms with Crippen LogP contribution in [-0.2, 0) is 6.54 Å². The first-order valence-corrected chi connectivity index (χ1v) is 8.67. The number of hydrogen-bond donors (Lipinski definition) is 2. The van der Waals surface area contributed by atoms with Gasteiger partial charge in [-0.15, -0.1) is 0 Å². The lowest BCUT2D eigenvalue weighted by Gasteiger charge is -2.23. The maximum atomic E-state index is 12.7. The number of hydrogen-bond acceptors (Lipinski definition) is 5. The fraction of sp³-hybridized carbons (Fsp3) is 0.316. The molecule has 1 aliphatic heterocycles. The molecule has 7 heteroatoms. The van der Waals surface area contributed by atoms with Gasteiger partial charge in [-0.05, 0) is 30.5 Å². The van der Waals surface area contributed by atoms with Crippen LogP contribution >= 0.6 is 0 Å². The van der Waals surface area contributed by atoms with Crippen molar-refractivity contribution in [1.82, 2.24) is 4.90 Å². The van der Waals surface area contributed by atoms with E-state index in [0.29, 0.717) is 30.9 Å². The van der Waals surface area contributed by atoms with E-state index in [2.05, 4.69) is 5.32 Å². The molecule has 2 aromatic carbocycles. The first-order chi connectivity index (χ1) is 12.6. The number of carbonyl (C=O) groups excluding carboxylic acids is 1. The number of nitrogens with one attached hydrogen (secondary N) is 1. The third-order valence-electron chi connectivity index (χ3n) is 4.68. The number of carbonyl (C=O) groups is 1. The second kappa shape index (κ2) is 7.97. The summed E-state index contributed by atoms with van der Waals surface area (Å²) in [5, 5.41) is 14.6. The van der Waals surface area contributed by atoms with Crippen LogP contribution in [0.5, 0.6) is 0 Å². The van der Waals surface area contributed by atoms with Crippen LogP contribution in [0, 0.1) is 10.1 Å². The van der Waals surface area contributed by atoms with Gasteiger partial charge in [-0.25, -0.2) is 0 Å². The molecule has 3 rings (SSSR count). The van der Waals surface area contributed by atoms with E-state index in [1.54, 1.807) is 17.0 Å². The number of nitrogens with two attached hydrogens (primary N) is 1. The second-order valence-corrected chi connectivity index (χ2v) is 6.36. The smallest absolute Gasteiger partial charge is 0.293 e. The Bertz CT molecular complexity index is 795. The molecule has 1 amide bonds. The van der Waals surface area contributed by atoms with Crippen LogP contribution in [0.25, 0.3) is 0 Å². The van der Waals surface area contributed by atoms with E-state index < -0.39 is 4.92 Å². The molecular weight excluding hydrogens is 332 g/mol. The van der Waals surface area contributed by atoms with Gasteiger partial charge in [0.1, 0.15) is 5.69 Å². The number of benzene rings is 2. The van der Waals surface area contributed by atoms with Crippen LogP contribution in [0.3, 0.4) is 0 Å². The van der Waals surface area contributed by atoms with Crippen molar-refractivity contribution < 1.29 is 9.72 Å². The molecule has 0 radical (unpaired) electrons. The molecule has 7 nitrogen and oxygen atoms in total. The van der Waals surface area contributed by atoms with Crippen molar-refractivity contribution in [2.75, 3.05) is 18.4 Å². The van der Waals surface area contributed by atoms with Crippen LogP contribution in [0.1, 0.15) is 28.8 Å². The predicted octanol–water partition coefficient (Wildman–Crippen LogP) is 2.77. The zero-order chi connectivity index (χ0) is 18.5. The lowest BCUT2D eigenvalue weighted by Crippen LogP contribution is -2.39. The summed E-state index contributed by atoms with van der Waals surface area (Å²) in [5.74, 6) is -0.198. The number of rotatable bonds is 6. The third-order valence-corrected chi connectivity index (χ3v) is 4.68.